The lowest BCUT2D eigenvalue weighted by Crippen LogP contribution is -2.47. The normalized spacial score (nSPS) is 25.2. The van der Waals surface area contributed by atoms with Gasteiger partial charge in [0.1, 0.15) is 0 Å². The average molecular weight is 297 g/mol. The van der Waals surface area contributed by atoms with E-state index in [1.165, 1.54) is 5.56 Å². The second-order valence-electron chi connectivity index (χ2n) is 5.25. The summed E-state index contributed by atoms with van der Waals surface area (Å²) < 4.78 is 5.68. The molecule has 1 aromatic rings. The van der Waals surface area contributed by atoms with Gasteiger partial charge in [-0.3, -0.25) is 4.79 Å². The SMILES string of the molecule is Cl.O=C(N[C@H]1CCCNC1)C1OCCc2ccccc21. The van der Waals surface area contributed by atoms with Gasteiger partial charge in [0.05, 0.1) is 6.61 Å². The predicted octanol–water partition coefficient (Wildman–Crippen LogP) is 1.59. The minimum absolute atomic E-state index is 0. The Kier molecular flexibility index (Phi) is 5.40. The number of hydrogen-bond acceptors (Lipinski definition) is 3. The monoisotopic (exact) mass is 296 g/mol. The van der Waals surface area contributed by atoms with E-state index in [4.69, 9.17) is 4.74 Å². The molecule has 2 aliphatic rings. The highest BCUT2D eigenvalue weighted by molar-refractivity contribution is 5.85. The number of benzene rings is 1. The summed E-state index contributed by atoms with van der Waals surface area (Å²) in [5.41, 5.74) is 2.26. The molecule has 2 atom stereocenters. The van der Waals surface area contributed by atoms with Gasteiger partial charge in [-0.05, 0) is 36.9 Å². The molecule has 1 aromatic carbocycles. The lowest BCUT2D eigenvalue weighted by atomic mass is 9.96. The van der Waals surface area contributed by atoms with Crippen molar-refractivity contribution in [2.24, 2.45) is 0 Å². The minimum Gasteiger partial charge on any atom is -0.363 e. The highest BCUT2D eigenvalue weighted by atomic mass is 35.5. The zero-order valence-corrected chi connectivity index (χ0v) is 12.2. The molecule has 0 aliphatic carbocycles. The Balaban J connectivity index is 0.00000147. The van der Waals surface area contributed by atoms with Crippen molar-refractivity contribution in [3.63, 3.8) is 0 Å². The molecule has 0 saturated carbocycles. The van der Waals surface area contributed by atoms with Crippen molar-refractivity contribution < 1.29 is 9.53 Å². The first-order valence-corrected chi connectivity index (χ1v) is 7.05. The van der Waals surface area contributed by atoms with E-state index in [2.05, 4.69) is 16.7 Å². The molecule has 0 radical (unpaired) electrons. The van der Waals surface area contributed by atoms with Crippen molar-refractivity contribution in [1.29, 1.82) is 0 Å². The van der Waals surface area contributed by atoms with E-state index in [0.29, 0.717) is 6.61 Å². The van der Waals surface area contributed by atoms with Crippen LogP contribution in [0.1, 0.15) is 30.1 Å². The highest BCUT2D eigenvalue weighted by Crippen LogP contribution is 2.27. The molecule has 1 amide bonds. The van der Waals surface area contributed by atoms with Crippen LogP contribution in [-0.4, -0.2) is 31.6 Å². The van der Waals surface area contributed by atoms with Gasteiger partial charge in [0, 0.05) is 12.6 Å². The van der Waals surface area contributed by atoms with Gasteiger partial charge in [-0.15, -0.1) is 12.4 Å². The first kappa shape index (κ1) is 15.3. The Morgan fingerprint density at radius 1 is 1.35 bits per heavy atom. The van der Waals surface area contributed by atoms with Crippen LogP contribution < -0.4 is 10.6 Å². The lowest BCUT2D eigenvalue weighted by molar-refractivity contribution is -0.135. The fraction of sp³-hybridized carbons (Fsp3) is 0.533. The van der Waals surface area contributed by atoms with Crippen molar-refractivity contribution >= 4 is 18.3 Å². The molecular formula is C15H21ClN2O2. The number of halogens is 1. The maximum absolute atomic E-state index is 12.4. The van der Waals surface area contributed by atoms with Gasteiger partial charge in [0.25, 0.3) is 5.91 Å². The molecule has 1 fully saturated rings. The quantitative estimate of drug-likeness (QED) is 0.871. The van der Waals surface area contributed by atoms with Crippen molar-refractivity contribution in [3.8, 4) is 0 Å². The van der Waals surface area contributed by atoms with Crippen LogP contribution in [0, 0.1) is 0 Å². The van der Waals surface area contributed by atoms with Gasteiger partial charge < -0.3 is 15.4 Å². The number of ether oxygens (including phenoxy) is 1. The van der Waals surface area contributed by atoms with Crippen molar-refractivity contribution in [3.05, 3.63) is 35.4 Å². The van der Waals surface area contributed by atoms with Crippen LogP contribution in [0.2, 0.25) is 0 Å². The van der Waals surface area contributed by atoms with Gasteiger partial charge in [0.15, 0.2) is 6.10 Å². The number of carbonyl (C=O) groups is 1. The molecule has 2 aliphatic heterocycles. The Morgan fingerprint density at radius 2 is 2.20 bits per heavy atom. The Hall–Kier alpha value is -1.10. The standard InChI is InChI=1S/C15H20N2O2.ClH/c18-15(17-12-5-3-8-16-10-12)14-13-6-2-1-4-11(13)7-9-19-14;/h1-2,4,6,12,14,16H,3,5,7-10H2,(H,17,18);1H/t12-,14?;/m0./s1. The highest BCUT2D eigenvalue weighted by Gasteiger charge is 2.28. The van der Waals surface area contributed by atoms with Crippen molar-refractivity contribution in [1.82, 2.24) is 10.6 Å². The third kappa shape index (κ3) is 3.32. The smallest absolute Gasteiger partial charge is 0.254 e. The van der Waals surface area contributed by atoms with Gasteiger partial charge in [-0.25, -0.2) is 0 Å². The summed E-state index contributed by atoms with van der Waals surface area (Å²) >= 11 is 0. The summed E-state index contributed by atoms with van der Waals surface area (Å²) in [6.45, 7) is 2.53. The average Bonchev–Trinajstić information content (AvgIpc) is 2.47. The molecule has 0 spiro atoms. The zero-order valence-electron chi connectivity index (χ0n) is 11.4. The third-order valence-corrected chi connectivity index (χ3v) is 3.87. The van der Waals surface area contributed by atoms with Crippen molar-refractivity contribution in [2.45, 2.75) is 31.4 Å². The van der Waals surface area contributed by atoms with Gasteiger partial charge in [-0.2, -0.15) is 0 Å². The molecule has 1 saturated heterocycles. The summed E-state index contributed by atoms with van der Waals surface area (Å²) in [5, 5.41) is 6.41. The maximum Gasteiger partial charge on any atom is 0.254 e. The summed E-state index contributed by atoms with van der Waals surface area (Å²) in [6, 6.07) is 8.30. The Bertz CT molecular complexity index is 461. The largest absolute Gasteiger partial charge is 0.363 e. The molecule has 3 rings (SSSR count). The minimum atomic E-state index is -0.438. The molecule has 2 N–H and O–H groups in total. The van der Waals surface area contributed by atoms with Gasteiger partial charge in [-0.1, -0.05) is 24.3 Å². The number of fused-ring (bicyclic) bond motifs is 1. The van der Waals surface area contributed by atoms with Crippen LogP contribution in [0.4, 0.5) is 0 Å². The summed E-state index contributed by atoms with van der Waals surface area (Å²) in [5.74, 6) is 0.000787. The summed E-state index contributed by atoms with van der Waals surface area (Å²) in [4.78, 5) is 12.4. The maximum atomic E-state index is 12.4. The van der Waals surface area contributed by atoms with E-state index in [-0.39, 0.29) is 24.4 Å². The number of hydrogen-bond donors (Lipinski definition) is 2. The number of nitrogens with one attached hydrogen (secondary N) is 2. The molecule has 0 aromatic heterocycles. The first-order valence-electron chi connectivity index (χ1n) is 7.05. The molecule has 0 bridgehead atoms. The van der Waals surface area contributed by atoms with Gasteiger partial charge >= 0.3 is 0 Å². The topological polar surface area (TPSA) is 50.4 Å². The molecule has 4 nitrogen and oxygen atoms in total. The summed E-state index contributed by atoms with van der Waals surface area (Å²) in [7, 11) is 0. The van der Waals surface area contributed by atoms with E-state index < -0.39 is 6.10 Å². The van der Waals surface area contributed by atoms with E-state index in [1.54, 1.807) is 0 Å². The van der Waals surface area contributed by atoms with Gasteiger partial charge in [0.2, 0.25) is 0 Å². The number of piperidine rings is 1. The van der Waals surface area contributed by atoms with Crippen LogP contribution in [-0.2, 0) is 16.0 Å². The molecule has 20 heavy (non-hydrogen) atoms. The molecular weight excluding hydrogens is 276 g/mol. The van der Waals surface area contributed by atoms with E-state index in [0.717, 1.165) is 37.9 Å². The predicted molar refractivity (Wildman–Crippen MR) is 80.1 cm³/mol. The fourth-order valence-corrected chi connectivity index (χ4v) is 2.86. The van der Waals surface area contributed by atoms with Crippen molar-refractivity contribution in [2.75, 3.05) is 19.7 Å². The number of rotatable bonds is 2. The number of carbonyl (C=O) groups excluding carboxylic acids is 1. The molecule has 5 heteroatoms. The van der Waals surface area contributed by atoms with Crippen LogP contribution in [0.5, 0.6) is 0 Å². The summed E-state index contributed by atoms with van der Waals surface area (Å²) in [6.07, 6.45) is 2.62. The second-order valence-corrected chi connectivity index (χ2v) is 5.25. The van der Waals surface area contributed by atoms with Crippen LogP contribution >= 0.6 is 12.4 Å². The van der Waals surface area contributed by atoms with E-state index >= 15 is 0 Å². The first-order chi connectivity index (χ1) is 9.34. The van der Waals surface area contributed by atoms with E-state index in [1.807, 2.05) is 18.2 Å². The lowest BCUT2D eigenvalue weighted by Gasteiger charge is -2.29. The second kappa shape index (κ2) is 7.07. The Morgan fingerprint density at radius 3 is 3.00 bits per heavy atom. The van der Waals surface area contributed by atoms with E-state index in [9.17, 15) is 4.79 Å². The van der Waals surface area contributed by atoms with Crippen LogP contribution in [0.15, 0.2) is 24.3 Å². The Labute approximate surface area is 125 Å². The van der Waals surface area contributed by atoms with Crippen LogP contribution in [0.25, 0.3) is 0 Å². The molecule has 1 unspecified atom stereocenters. The van der Waals surface area contributed by atoms with Crippen LogP contribution in [0.3, 0.4) is 0 Å². The third-order valence-electron chi connectivity index (χ3n) is 3.87. The molecule has 110 valence electrons. The number of amides is 1. The fourth-order valence-electron chi connectivity index (χ4n) is 2.86. The zero-order chi connectivity index (χ0) is 13.1. The molecule has 2 heterocycles.